The molecule has 0 unspecified atom stereocenters. The average molecular weight is 256 g/mol. The van der Waals surface area contributed by atoms with Gasteiger partial charge in [0.2, 0.25) is 0 Å². The highest BCUT2D eigenvalue weighted by Crippen LogP contribution is 3.08. The molecule has 0 atom stereocenters. The molecule has 48 valence electrons. The maximum Gasteiger partial charge on any atom is 0.118 e. The highest BCUT2D eigenvalue weighted by atomic mass is 33.9. The van der Waals surface area contributed by atoms with Crippen molar-refractivity contribution in [3.8, 4) is 0 Å². The van der Waals surface area contributed by atoms with E-state index in [1.165, 1.54) is 0 Å². The van der Waals surface area contributed by atoms with Gasteiger partial charge in [0.1, 0.15) is 7.29 Å². The van der Waals surface area contributed by atoms with E-state index in [-0.39, 0.29) is 0 Å². The molecule has 1 rings (SSSR count). The molecule has 1 heterocycles. The normalized spacial score (nSPS) is 55.2. The largest absolute Gasteiger partial charge is 0.121 e. The Bertz CT molecular complexity index is 157. The molecule has 0 amide bonds. The minimum Gasteiger partial charge on any atom is -0.121 e. The Morgan fingerprint density at radius 2 is 1.25 bits per heavy atom. The second-order valence-electron chi connectivity index (χ2n) is 1.10. The van der Waals surface area contributed by atoms with Crippen LogP contribution in [0.1, 0.15) is 0 Å². The second kappa shape index (κ2) is 2.63. The number of hydrogen-bond acceptors (Lipinski definition) is 4. The van der Waals surface area contributed by atoms with Gasteiger partial charge in [0, 0.05) is 0 Å². The van der Waals surface area contributed by atoms with Gasteiger partial charge in [-0.2, -0.15) is 0 Å². The van der Waals surface area contributed by atoms with E-state index in [1.807, 2.05) is 0 Å². The maximum atomic E-state index is 5.04. The molecule has 8 heavy (non-hydrogen) atoms. The summed E-state index contributed by atoms with van der Waals surface area (Å²) in [6.07, 6.45) is 0. The lowest BCUT2D eigenvalue weighted by Crippen LogP contribution is -1.63. The molecule has 1 aliphatic heterocycles. The molecule has 0 bridgehead atoms. The fraction of sp³-hybridized carbons (Fsp3) is 0. The minimum absolute atomic E-state index is 1.36. The van der Waals surface area contributed by atoms with Crippen LogP contribution >= 0.6 is 53.8 Å². The zero-order valence-electron chi connectivity index (χ0n) is 3.42. The summed E-state index contributed by atoms with van der Waals surface area (Å²) in [5.74, 6) is 0. The van der Waals surface area contributed by atoms with Gasteiger partial charge in [-0.1, -0.05) is 23.6 Å². The zero-order chi connectivity index (χ0) is 6.41. The number of hydrogen-bond donors (Lipinski definition) is 2. The van der Waals surface area contributed by atoms with E-state index in [2.05, 4.69) is 24.5 Å². The Hall–Kier alpha value is 2.70. The SMILES string of the molecule is S=P1(S)SP(=S)(S)S1. The Labute approximate surface area is 76.7 Å². The summed E-state index contributed by atoms with van der Waals surface area (Å²) < 4.78 is -2.72. The van der Waals surface area contributed by atoms with Gasteiger partial charge < -0.3 is 0 Å². The van der Waals surface area contributed by atoms with Gasteiger partial charge in [-0.3, -0.25) is 0 Å². The van der Waals surface area contributed by atoms with Crippen molar-refractivity contribution in [1.82, 2.24) is 0 Å². The fourth-order valence-electron chi connectivity index (χ4n) is 0.267. The monoisotopic (exact) mass is 256 g/mol. The highest BCUT2D eigenvalue weighted by molar-refractivity contribution is 9.62. The fourth-order valence-corrected chi connectivity index (χ4v) is 59.5. The van der Waals surface area contributed by atoms with Crippen LogP contribution in [0.25, 0.3) is 0 Å². The number of rotatable bonds is 0. The van der Waals surface area contributed by atoms with Crippen molar-refractivity contribution in [1.29, 1.82) is 0 Å². The summed E-state index contributed by atoms with van der Waals surface area (Å²) >= 11 is 21.8. The first kappa shape index (κ1) is 8.79. The molecule has 0 aliphatic carbocycles. The Morgan fingerprint density at radius 3 is 1.25 bits per heavy atom. The maximum absolute atomic E-state index is 5.04. The first-order valence-corrected chi connectivity index (χ1v) is 13.5. The highest BCUT2D eigenvalue weighted by Gasteiger charge is 2.38. The van der Waals surface area contributed by atoms with Crippen molar-refractivity contribution in [2.45, 2.75) is 0 Å². The van der Waals surface area contributed by atoms with E-state index in [0.29, 0.717) is 0 Å². The van der Waals surface area contributed by atoms with Crippen LogP contribution in [0.15, 0.2) is 0 Å². The Balaban J connectivity index is 2.68. The molecule has 0 spiro atoms. The molecule has 0 aromatic carbocycles. The van der Waals surface area contributed by atoms with Gasteiger partial charge in [0.25, 0.3) is 0 Å². The van der Waals surface area contributed by atoms with Crippen LogP contribution in [0.2, 0.25) is 0 Å². The quantitative estimate of drug-likeness (QED) is 0.500. The van der Waals surface area contributed by atoms with E-state index < -0.39 is 7.29 Å². The van der Waals surface area contributed by atoms with Crippen LogP contribution < -0.4 is 0 Å². The lowest BCUT2D eigenvalue weighted by molar-refractivity contribution is 4.88. The Kier molecular flexibility index (Phi) is 2.89. The summed E-state index contributed by atoms with van der Waals surface area (Å²) in [6.45, 7) is 0. The standard InChI is InChI=1S/H2P2S6/c3-1(4)7-2(5,6)8-1/h(H,3,4)(H,5,6). The van der Waals surface area contributed by atoms with Crippen LogP contribution in [0.4, 0.5) is 0 Å². The first-order valence-electron chi connectivity index (χ1n) is 1.50. The summed E-state index contributed by atoms with van der Waals surface area (Å²) in [6, 6.07) is 0. The molecule has 0 nitrogen and oxygen atoms in total. The smallest absolute Gasteiger partial charge is 0.118 e. The van der Waals surface area contributed by atoms with Gasteiger partial charge in [-0.25, -0.2) is 0 Å². The summed E-state index contributed by atoms with van der Waals surface area (Å²) in [4.78, 5) is 0. The topological polar surface area (TPSA) is 0 Å². The van der Waals surface area contributed by atoms with Gasteiger partial charge in [0.15, 0.2) is 0 Å². The van der Waals surface area contributed by atoms with Crippen molar-refractivity contribution in [3.05, 3.63) is 0 Å². The molecule has 1 fully saturated rings. The third-order valence-electron chi connectivity index (χ3n) is 0.413. The van der Waals surface area contributed by atoms with Crippen molar-refractivity contribution in [2.75, 3.05) is 0 Å². The molecular weight excluding hydrogens is 254 g/mol. The molecule has 1 aliphatic rings. The average Bonchev–Trinajstić information content (AvgIpc) is 1.20. The molecule has 1 saturated heterocycles. The molecule has 0 aromatic heterocycles. The summed E-state index contributed by atoms with van der Waals surface area (Å²) in [5.41, 5.74) is 0. The van der Waals surface area contributed by atoms with E-state index >= 15 is 0 Å². The van der Waals surface area contributed by atoms with Crippen LogP contribution in [-0.4, -0.2) is 0 Å². The third kappa shape index (κ3) is 2.39. The van der Waals surface area contributed by atoms with E-state index in [4.69, 9.17) is 23.6 Å². The van der Waals surface area contributed by atoms with Crippen molar-refractivity contribution in [2.24, 2.45) is 0 Å². The van der Waals surface area contributed by atoms with Crippen LogP contribution in [0, 0.1) is 0 Å². The zero-order valence-corrected chi connectivity index (χ0v) is 10.3. The van der Waals surface area contributed by atoms with E-state index in [1.54, 1.807) is 22.0 Å². The van der Waals surface area contributed by atoms with E-state index in [9.17, 15) is 0 Å². The van der Waals surface area contributed by atoms with Crippen LogP contribution in [0.5, 0.6) is 0 Å². The second-order valence-corrected chi connectivity index (χ2v) is 29.7. The molecule has 8 heteroatoms. The predicted octanol–water partition coefficient (Wildman–Crippen LogP) is 3.77. The van der Waals surface area contributed by atoms with Gasteiger partial charge in [-0.15, -0.1) is 24.5 Å². The first-order chi connectivity index (χ1) is 3.41. The molecule has 0 N–H and O–H groups in total. The summed E-state index contributed by atoms with van der Waals surface area (Å²) in [7, 11) is 0. The van der Waals surface area contributed by atoms with Gasteiger partial charge in [0.05, 0.1) is 0 Å². The third-order valence-corrected chi connectivity index (χ3v) is 33.4. The van der Waals surface area contributed by atoms with Gasteiger partial charge >= 0.3 is 0 Å². The van der Waals surface area contributed by atoms with Crippen LogP contribution in [-0.2, 0) is 23.6 Å². The predicted molar refractivity (Wildman–Crippen MR) is 61.7 cm³/mol. The molecule has 0 radical (unpaired) electrons. The van der Waals surface area contributed by atoms with E-state index in [0.717, 1.165) is 0 Å². The lowest BCUT2D eigenvalue weighted by atomic mass is 29.1. The molecule has 0 saturated carbocycles. The van der Waals surface area contributed by atoms with Crippen molar-refractivity contribution in [3.63, 3.8) is 0 Å². The van der Waals surface area contributed by atoms with Gasteiger partial charge in [-0.05, 0) is 22.0 Å². The lowest BCUT2D eigenvalue weighted by Gasteiger charge is -2.32. The molecule has 0 aromatic rings. The minimum atomic E-state index is -1.36. The van der Waals surface area contributed by atoms with Crippen molar-refractivity contribution >= 4 is 77.4 Å². The summed E-state index contributed by atoms with van der Waals surface area (Å²) in [5, 5.41) is 0. The Morgan fingerprint density at radius 1 is 1.00 bits per heavy atom. The number of thiol groups is 2. The van der Waals surface area contributed by atoms with Crippen molar-refractivity contribution < 1.29 is 0 Å². The molecular formula is H2P2S6. The van der Waals surface area contributed by atoms with Crippen LogP contribution in [0.3, 0.4) is 0 Å².